The van der Waals surface area contributed by atoms with Gasteiger partial charge in [-0.2, -0.15) is 0 Å². The minimum Gasteiger partial charge on any atom is -0.492 e. The first-order chi connectivity index (χ1) is 15.6. The van der Waals surface area contributed by atoms with Gasteiger partial charge >= 0.3 is 0 Å². The molecule has 0 saturated heterocycles. The van der Waals surface area contributed by atoms with E-state index in [-0.39, 0.29) is 18.4 Å². The smallest absolute Gasteiger partial charge is 0.265 e. The van der Waals surface area contributed by atoms with Crippen molar-refractivity contribution in [3.05, 3.63) is 83.9 Å². The summed E-state index contributed by atoms with van der Waals surface area (Å²) in [6.07, 6.45) is 1.05. The molecule has 2 amide bonds. The molecule has 0 bridgehead atoms. The zero-order chi connectivity index (χ0) is 22.3. The van der Waals surface area contributed by atoms with Gasteiger partial charge in [0.25, 0.3) is 5.91 Å². The molecule has 0 unspecified atom stereocenters. The Labute approximate surface area is 187 Å². The molecule has 0 aliphatic carbocycles. The van der Waals surface area contributed by atoms with Crippen LogP contribution < -0.4 is 19.7 Å². The molecule has 0 radical (unpaired) electrons. The van der Waals surface area contributed by atoms with Crippen LogP contribution in [-0.4, -0.2) is 31.6 Å². The molecule has 1 N–H and O–H groups in total. The van der Waals surface area contributed by atoms with Crippen molar-refractivity contribution in [2.75, 3.05) is 30.0 Å². The average molecular weight is 431 g/mol. The van der Waals surface area contributed by atoms with Crippen molar-refractivity contribution in [3.63, 3.8) is 0 Å². The van der Waals surface area contributed by atoms with Crippen molar-refractivity contribution < 1.29 is 19.1 Å². The third-order valence-electron chi connectivity index (χ3n) is 5.24. The summed E-state index contributed by atoms with van der Waals surface area (Å²) in [7, 11) is 0. The zero-order valence-electron chi connectivity index (χ0n) is 18.0. The first kappa shape index (κ1) is 21.4. The summed E-state index contributed by atoms with van der Waals surface area (Å²) < 4.78 is 11.4. The predicted molar refractivity (Wildman–Crippen MR) is 124 cm³/mol. The molecule has 0 fully saturated rings. The molecule has 3 aromatic carbocycles. The second-order valence-electron chi connectivity index (χ2n) is 7.72. The van der Waals surface area contributed by atoms with Crippen LogP contribution in [0.1, 0.15) is 17.5 Å². The van der Waals surface area contributed by atoms with E-state index >= 15 is 0 Å². The van der Waals surface area contributed by atoms with E-state index in [1.807, 2.05) is 61.5 Å². The second-order valence-corrected chi connectivity index (χ2v) is 7.72. The summed E-state index contributed by atoms with van der Waals surface area (Å²) in [5, 5.41) is 2.92. The lowest BCUT2D eigenvalue weighted by molar-refractivity contribution is -0.121. The summed E-state index contributed by atoms with van der Waals surface area (Å²) in [6.45, 7) is 2.72. The molecule has 0 atom stereocenters. The number of rotatable bonds is 8. The number of hydrogen-bond donors (Lipinski definition) is 1. The number of anilines is 2. The Hall–Kier alpha value is -3.80. The molecule has 3 aromatic rings. The first-order valence-electron chi connectivity index (χ1n) is 10.7. The van der Waals surface area contributed by atoms with Gasteiger partial charge in [-0.3, -0.25) is 9.59 Å². The molecular formula is C26H26N2O4. The Balaban J connectivity index is 1.39. The van der Waals surface area contributed by atoms with Crippen LogP contribution in [0.15, 0.2) is 72.8 Å². The number of carbonyl (C=O) groups excluding carboxylic acids is 2. The van der Waals surface area contributed by atoms with Crippen LogP contribution in [0.5, 0.6) is 11.5 Å². The maximum Gasteiger partial charge on any atom is 0.265 e. The number of fused-ring (bicyclic) bond motifs is 1. The van der Waals surface area contributed by atoms with E-state index < -0.39 is 0 Å². The molecule has 0 spiro atoms. The van der Waals surface area contributed by atoms with E-state index in [0.717, 1.165) is 16.9 Å². The fraction of sp³-hybridized carbons (Fsp3) is 0.231. The topological polar surface area (TPSA) is 67.9 Å². The Morgan fingerprint density at radius 3 is 2.72 bits per heavy atom. The molecule has 32 heavy (non-hydrogen) atoms. The quantitative estimate of drug-likeness (QED) is 0.576. The maximum atomic E-state index is 12.5. The first-order valence-corrected chi connectivity index (χ1v) is 10.7. The van der Waals surface area contributed by atoms with Crippen molar-refractivity contribution in [1.82, 2.24) is 0 Å². The number of nitrogens with zero attached hydrogens (tertiary/aromatic N) is 1. The summed E-state index contributed by atoms with van der Waals surface area (Å²) in [5.41, 5.74) is 3.49. The number of amides is 2. The highest BCUT2D eigenvalue weighted by atomic mass is 16.5. The SMILES string of the molecule is Cc1cccc(OCCN2C(=O)COc3ccc(NC(=O)CCc4ccccc4)cc32)c1. The Kier molecular flexibility index (Phi) is 6.70. The van der Waals surface area contributed by atoms with Gasteiger partial charge in [0.1, 0.15) is 18.1 Å². The average Bonchev–Trinajstić information content (AvgIpc) is 2.80. The molecule has 6 heteroatoms. The summed E-state index contributed by atoms with van der Waals surface area (Å²) in [6, 6.07) is 23.0. The third-order valence-corrected chi connectivity index (χ3v) is 5.24. The predicted octanol–water partition coefficient (Wildman–Crippen LogP) is 4.37. The molecule has 0 aromatic heterocycles. The Morgan fingerprint density at radius 2 is 1.91 bits per heavy atom. The lowest BCUT2D eigenvalue weighted by atomic mass is 10.1. The third kappa shape index (κ3) is 5.46. The number of benzene rings is 3. The lowest BCUT2D eigenvalue weighted by Gasteiger charge is -2.29. The Morgan fingerprint density at radius 1 is 1.06 bits per heavy atom. The van der Waals surface area contributed by atoms with E-state index in [0.29, 0.717) is 43.1 Å². The molecule has 6 nitrogen and oxygen atoms in total. The number of nitrogens with one attached hydrogen (secondary N) is 1. The van der Waals surface area contributed by atoms with Crippen molar-refractivity contribution in [2.45, 2.75) is 19.8 Å². The van der Waals surface area contributed by atoms with Crippen LogP contribution in [0.4, 0.5) is 11.4 Å². The van der Waals surface area contributed by atoms with E-state index in [2.05, 4.69) is 5.32 Å². The fourth-order valence-electron chi connectivity index (χ4n) is 3.61. The van der Waals surface area contributed by atoms with Gasteiger partial charge in [0, 0.05) is 12.1 Å². The highest BCUT2D eigenvalue weighted by Crippen LogP contribution is 2.34. The van der Waals surface area contributed by atoms with Gasteiger partial charge in [0.2, 0.25) is 5.91 Å². The summed E-state index contributed by atoms with van der Waals surface area (Å²) >= 11 is 0. The normalized spacial score (nSPS) is 12.7. The number of ether oxygens (including phenoxy) is 2. The van der Waals surface area contributed by atoms with E-state index in [1.54, 1.807) is 23.1 Å². The van der Waals surface area contributed by atoms with Gasteiger partial charge in [0.05, 0.1) is 12.2 Å². The summed E-state index contributed by atoms with van der Waals surface area (Å²) in [4.78, 5) is 26.6. The van der Waals surface area contributed by atoms with Crippen LogP contribution in [0, 0.1) is 6.92 Å². The van der Waals surface area contributed by atoms with E-state index in [1.165, 1.54) is 0 Å². The number of carbonyl (C=O) groups is 2. The van der Waals surface area contributed by atoms with Gasteiger partial charge in [-0.15, -0.1) is 0 Å². The Bertz CT molecular complexity index is 1100. The van der Waals surface area contributed by atoms with Crippen LogP contribution in [0.25, 0.3) is 0 Å². The molecule has 1 heterocycles. The van der Waals surface area contributed by atoms with Crippen LogP contribution in [0.2, 0.25) is 0 Å². The highest BCUT2D eigenvalue weighted by molar-refractivity contribution is 5.99. The van der Waals surface area contributed by atoms with Gasteiger partial charge < -0.3 is 19.7 Å². The van der Waals surface area contributed by atoms with E-state index in [9.17, 15) is 9.59 Å². The molecule has 1 aliphatic rings. The highest BCUT2D eigenvalue weighted by Gasteiger charge is 2.26. The van der Waals surface area contributed by atoms with Crippen molar-refractivity contribution in [3.8, 4) is 11.5 Å². The standard InChI is InChI=1S/C26H26N2O4/c1-19-6-5-9-22(16-19)31-15-14-28-23-17-21(11-12-24(23)32-18-26(28)30)27-25(29)13-10-20-7-3-2-4-8-20/h2-9,11-12,16-17H,10,13-15,18H2,1H3,(H,27,29). The lowest BCUT2D eigenvalue weighted by Crippen LogP contribution is -2.41. The van der Waals surface area contributed by atoms with Crippen LogP contribution in [0.3, 0.4) is 0 Å². The fourth-order valence-corrected chi connectivity index (χ4v) is 3.61. The minimum absolute atomic E-state index is 0.0137. The molecule has 164 valence electrons. The van der Waals surface area contributed by atoms with Gasteiger partial charge in [-0.25, -0.2) is 0 Å². The van der Waals surface area contributed by atoms with Gasteiger partial charge in [0.15, 0.2) is 6.61 Å². The van der Waals surface area contributed by atoms with Crippen molar-refractivity contribution in [2.24, 2.45) is 0 Å². The summed E-state index contributed by atoms with van der Waals surface area (Å²) in [5.74, 6) is 1.16. The van der Waals surface area contributed by atoms with Crippen LogP contribution in [-0.2, 0) is 16.0 Å². The largest absolute Gasteiger partial charge is 0.492 e. The van der Waals surface area contributed by atoms with Crippen molar-refractivity contribution >= 4 is 23.2 Å². The zero-order valence-corrected chi connectivity index (χ0v) is 18.0. The molecular weight excluding hydrogens is 404 g/mol. The monoisotopic (exact) mass is 430 g/mol. The number of aryl methyl sites for hydroxylation is 2. The van der Waals surface area contributed by atoms with Gasteiger partial charge in [-0.05, 0) is 54.8 Å². The molecule has 4 rings (SSSR count). The molecule has 0 saturated carbocycles. The number of hydrogen-bond acceptors (Lipinski definition) is 4. The minimum atomic E-state index is -0.141. The van der Waals surface area contributed by atoms with Gasteiger partial charge in [-0.1, -0.05) is 42.5 Å². The van der Waals surface area contributed by atoms with E-state index in [4.69, 9.17) is 9.47 Å². The van der Waals surface area contributed by atoms with Crippen LogP contribution >= 0.6 is 0 Å². The second kappa shape index (κ2) is 10.0. The molecule has 1 aliphatic heterocycles. The van der Waals surface area contributed by atoms with Crippen molar-refractivity contribution in [1.29, 1.82) is 0 Å². The maximum absolute atomic E-state index is 12.5.